The van der Waals surface area contributed by atoms with Crippen LogP contribution in [0.3, 0.4) is 0 Å². The molecule has 0 atom stereocenters. The number of piperidine rings is 1. The maximum Gasteiger partial charge on any atom is 0.405 e. The molecule has 0 aromatic heterocycles. The molecule has 0 spiro atoms. The van der Waals surface area contributed by atoms with E-state index in [9.17, 15) is 14.7 Å². The molecule has 1 aliphatic heterocycles. The van der Waals surface area contributed by atoms with Gasteiger partial charge in [0, 0.05) is 25.9 Å². The van der Waals surface area contributed by atoms with Gasteiger partial charge in [0.25, 0.3) is 5.91 Å². The van der Waals surface area contributed by atoms with E-state index in [1.54, 1.807) is 11.8 Å². The predicted molar refractivity (Wildman–Crippen MR) is 61.2 cm³/mol. The lowest BCUT2D eigenvalue weighted by molar-refractivity contribution is -0.151. The second-order valence-electron chi connectivity index (χ2n) is 5.22. The zero-order valence-corrected chi connectivity index (χ0v) is 10.5. The summed E-state index contributed by atoms with van der Waals surface area (Å²) in [6, 6.07) is 0. The number of carbonyl (C=O) groups excluding carboxylic acids is 2. The molecular formula is C11H20N2O4. The van der Waals surface area contributed by atoms with Crippen LogP contribution in [0.2, 0.25) is 0 Å². The molecule has 2 amide bonds. The Balaban J connectivity index is 2.57. The Kier molecular flexibility index (Phi) is 3.66. The molecule has 0 unspecified atom stereocenters. The van der Waals surface area contributed by atoms with Crippen molar-refractivity contribution in [2.75, 3.05) is 13.1 Å². The highest BCUT2D eigenvalue weighted by molar-refractivity contribution is 5.84. The van der Waals surface area contributed by atoms with Crippen LogP contribution in [0.5, 0.6) is 0 Å². The summed E-state index contributed by atoms with van der Waals surface area (Å²) in [6.07, 6.45) is 0.255. The van der Waals surface area contributed by atoms with Crippen LogP contribution in [0, 0.1) is 0 Å². The van der Waals surface area contributed by atoms with Crippen LogP contribution in [-0.2, 0) is 9.53 Å². The predicted octanol–water partition coefficient (Wildman–Crippen LogP) is 0.234. The molecule has 0 radical (unpaired) electrons. The summed E-state index contributed by atoms with van der Waals surface area (Å²) in [5.41, 5.74) is 3.02. The van der Waals surface area contributed by atoms with Gasteiger partial charge in [-0.1, -0.05) is 0 Å². The Morgan fingerprint density at radius 3 is 2.18 bits per heavy atom. The van der Waals surface area contributed by atoms with Crippen molar-refractivity contribution >= 4 is 12.0 Å². The molecule has 6 nitrogen and oxygen atoms in total. The van der Waals surface area contributed by atoms with Crippen LogP contribution in [0.25, 0.3) is 0 Å². The van der Waals surface area contributed by atoms with Gasteiger partial charge < -0.3 is 20.5 Å². The number of hydrogen-bond acceptors (Lipinski definition) is 4. The second kappa shape index (κ2) is 4.52. The molecule has 6 heteroatoms. The first-order chi connectivity index (χ1) is 7.64. The largest absolute Gasteiger partial charge is 0.443 e. The summed E-state index contributed by atoms with van der Waals surface area (Å²) in [5, 5.41) is 9.62. The zero-order chi connectivity index (χ0) is 13.3. The molecule has 0 bridgehead atoms. The lowest BCUT2D eigenvalue weighted by Gasteiger charge is -2.40. The van der Waals surface area contributed by atoms with E-state index in [0.29, 0.717) is 25.9 Å². The van der Waals surface area contributed by atoms with Gasteiger partial charge in [0.1, 0.15) is 11.2 Å². The standard InChI is InChI=1S/C11H20N2O4/c1-10(2,16)8(14)13-6-4-11(3,5-7-13)17-9(12)15/h16H,4-7H2,1-3H3,(H2,12,15). The van der Waals surface area contributed by atoms with Crippen LogP contribution in [-0.4, -0.2) is 46.3 Å². The average molecular weight is 244 g/mol. The number of aliphatic hydroxyl groups is 1. The monoisotopic (exact) mass is 244 g/mol. The average Bonchev–Trinajstić information content (AvgIpc) is 2.14. The first-order valence-electron chi connectivity index (χ1n) is 5.64. The van der Waals surface area contributed by atoms with Crippen molar-refractivity contribution in [1.82, 2.24) is 4.90 Å². The van der Waals surface area contributed by atoms with Crippen molar-refractivity contribution in [3.63, 3.8) is 0 Å². The first kappa shape index (κ1) is 13.8. The molecular weight excluding hydrogens is 224 g/mol. The van der Waals surface area contributed by atoms with Crippen LogP contribution < -0.4 is 5.73 Å². The third kappa shape index (κ3) is 3.59. The molecule has 98 valence electrons. The van der Waals surface area contributed by atoms with E-state index in [2.05, 4.69) is 0 Å². The number of carbonyl (C=O) groups is 2. The van der Waals surface area contributed by atoms with Crippen LogP contribution in [0.15, 0.2) is 0 Å². The van der Waals surface area contributed by atoms with E-state index >= 15 is 0 Å². The summed E-state index contributed by atoms with van der Waals surface area (Å²) in [7, 11) is 0. The molecule has 0 aliphatic carbocycles. The molecule has 1 rings (SSSR count). The van der Waals surface area contributed by atoms with Gasteiger partial charge >= 0.3 is 6.09 Å². The molecule has 1 aliphatic rings. The molecule has 1 heterocycles. The number of rotatable bonds is 2. The maximum absolute atomic E-state index is 11.8. The molecule has 1 fully saturated rings. The van der Waals surface area contributed by atoms with Crippen molar-refractivity contribution in [1.29, 1.82) is 0 Å². The van der Waals surface area contributed by atoms with Gasteiger partial charge in [-0.05, 0) is 20.8 Å². The fourth-order valence-corrected chi connectivity index (χ4v) is 1.91. The minimum atomic E-state index is -1.36. The van der Waals surface area contributed by atoms with E-state index < -0.39 is 17.3 Å². The normalized spacial score (nSPS) is 19.9. The Bertz CT molecular complexity index is 314. The highest BCUT2D eigenvalue weighted by Gasteiger charge is 2.38. The van der Waals surface area contributed by atoms with Crippen molar-refractivity contribution < 1.29 is 19.4 Å². The van der Waals surface area contributed by atoms with Crippen molar-refractivity contribution in [3.8, 4) is 0 Å². The number of amides is 2. The van der Waals surface area contributed by atoms with Gasteiger partial charge in [-0.3, -0.25) is 4.79 Å². The molecule has 0 aromatic carbocycles. The van der Waals surface area contributed by atoms with Gasteiger partial charge in [-0.25, -0.2) is 4.79 Å². The van der Waals surface area contributed by atoms with E-state index in [0.717, 1.165) is 0 Å². The highest BCUT2D eigenvalue weighted by atomic mass is 16.6. The maximum atomic E-state index is 11.8. The zero-order valence-electron chi connectivity index (χ0n) is 10.5. The van der Waals surface area contributed by atoms with E-state index in [-0.39, 0.29) is 5.91 Å². The quantitative estimate of drug-likeness (QED) is 0.727. The highest BCUT2D eigenvalue weighted by Crippen LogP contribution is 2.26. The SMILES string of the molecule is CC1(OC(N)=O)CCN(C(=O)C(C)(C)O)CC1. The molecule has 17 heavy (non-hydrogen) atoms. The fourth-order valence-electron chi connectivity index (χ4n) is 1.91. The number of ether oxygens (including phenoxy) is 1. The lowest BCUT2D eigenvalue weighted by atomic mass is 9.92. The molecule has 1 saturated heterocycles. The Morgan fingerprint density at radius 2 is 1.82 bits per heavy atom. The van der Waals surface area contributed by atoms with E-state index in [4.69, 9.17) is 10.5 Å². The third-order valence-electron chi connectivity index (χ3n) is 2.98. The first-order valence-corrected chi connectivity index (χ1v) is 5.64. The summed E-state index contributed by atoms with van der Waals surface area (Å²) in [5.74, 6) is -0.307. The van der Waals surface area contributed by atoms with Crippen LogP contribution in [0.4, 0.5) is 4.79 Å². The molecule has 0 saturated carbocycles. The number of nitrogens with zero attached hydrogens (tertiary/aromatic N) is 1. The summed E-state index contributed by atoms with van der Waals surface area (Å²) >= 11 is 0. The number of nitrogens with two attached hydrogens (primary N) is 1. The Morgan fingerprint density at radius 1 is 1.35 bits per heavy atom. The lowest BCUT2D eigenvalue weighted by Crippen LogP contribution is -2.52. The number of primary amides is 1. The minimum Gasteiger partial charge on any atom is -0.443 e. The van der Waals surface area contributed by atoms with Gasteiger partial charge in [0.2, 0.25) is 0 Å². The Labute approximate surface area is 101 Å². The Hall–Kier alpha value is -1.30. The molecule has 3 N–H and O–H groups in total. The summed E-state index contributed by atoms with van der Waals surface area (Å²) in [4.78, 5) is 24.1. The third-order valence-corrected chi connectivity index (χ3v) is 2.98. The minimum absolute atomic E-state index is 0.307. The van der Waals surface area contributed by atoms with Gasteiger partial charge in [0.15, 0.2) is 0 Å². The second-order valence-corrected chi connectivity index (χ2v) is 5.22. The number of hydrogen-bond donors (Lipinski definition) is 2. The van der Waals surface area contributed by atoms with E-state index in [1.165, 1.54) is 13.8 Å². The topological polar surface area (TPSA) is 92.9 Å². The van der Waals surface area contributed by atoms with Crippen molar-refractivity contribution in [2.45, 2.75) is 44.8 Å². The number of likely N-dealkylation sites (tertiary alicyclic amines) is 1. The van der Waals surface area contributed by atoms with E-state index in [1.807, 2.05) is 0 Å². The summed E-state index contributed by atoms with van der Waals surface area (Å²) in [6.45, 7) is 5.62. The fraction of sp³-hybridized carbons (Fsp3) is 0.818. The van der Waals surface area contributed by atoms with Gasteiger partial charge in [0.05, 0.1) is 0 Å². The summed E-state index contributed by atoms with van der Waals surface area (Å²) < 4.78 is 5.03. The van der Waals surface area contributed by atoms with Crippen LogP contribution >= 0.6 is 0 Å². The smallest absolute Gasteiger partial charge is 0.405 e. The van der Waals surface area contributed by atoms with Gasteiger partial charge in [-0.2, -0.15) is 0 Å². The van der Waals surface area contributed by atoms with Crippen LogP contribution in [0.1, 0.15) is 33.6 Å². The van der Waals surface area contributed by atoms with Gasteiger partial charge in [-0.15, -0.1) is 0 Å². The molecule has 0 aromatic rings. The van der Waals surface area contributed by atoms with Crippen molar-refractivity contribution in [3.05, 3.63) is 0 Å². The van der Waals surface area contributed by atoms with Crippen molar-refractivity contribution in [2.24, 2.45) is 5.73 Å².